The summed E-state index contributed by atoms with van der Waals surface area (Å²) in [7, 11) is -2.43. The van der Waals surface area contributed by atoms with E-state index in [0.717, 1.165) is 11.1 Å². The average molecular weight is 603 g/mol. The second-order valence-corrected chi connectivity index (χ2v) is 14.3. The highest BCUT2D eigenvalue weighted by Gasteiger charge is 2.16. The quantitative estimate of drug-likeness (QED) is 0.127. The maximum absolute atomic E-state index is 8.65. The van der Waals surface area contributed by atoms with Gasteiger partial charge in [-0.25, -0.2) is 0 Å². The molecule has 212 valence electrons. The first-order valence-electron chi connectivity index (χ1n) is 18.2. The van der Waals surface area contributed by atoms with Crippen LogP contribution in [0.1, 0.15) is 27.7 Å². The molecule has 0 heterocycles. The van der Waals surface area contributed by atoms with E-state index in [0.29, 0.717) is 82.1 Å². The smallest absolute Gasteiger partial charge is 0.127 e. The van der Waals surface area contributed by atoms with Gasteiger partial charge in [-0.3, -0.25) is 0 Å². The predicted molar refractivity (Wildman–Crippen MR) is 187 cm³/mol. The molecule has 6 aromatic carbocycles. The monoisotopic (exact) mass is 602 g/mol. The minimum absolute atomic E-state index is 0.232. The number of hydrogen-bond acceptors (Lipinski definition) is 1. The van der Waals surface area contributed by atoms with Gasteiger partial charge in [0.05, 0.1) is 11.0 Å². The van der Waals surface area contributed by atoms with Gasteiger partial charge in [-0.15, -0.1) is 0 Å². The van der Waals surface area contributed by atoms with Gasteiger partial charge in [0, 0.05) is 6.16 Å². The summed E-state index contributed by atoms with van der Waals surface area (Å²) in [6.07, 6.45) is 2.19. The second-order valence-electron chi connectivity index (χ2n) is 9.94. The average Bonchev–Trinajstić information content (AvgIpc) is 3.08. The molecule has 3 heteroatoms. The van der Waals surface area contributed by atoms with E-state index in [9.17, 15) is 0 Å². The van der Waals surface area contributed by atoms with Gasteiger partial charge in [0.15, 0.2) is 0 Å². The lowest BCUT2D eigenvalue weighted by molar-refractivity contribution is 0.482. The Morgan fingerprint density at radius 1 is 0.465 bits per heavy atom. The molecule has 0 saturated heterocycles. The van der Waals surface area contributed by atoms with E-state index in [-0.39, 0.29) is 24.2 Å². The zero-order chi connectivity index (χ0) is 36.1. The van der Waals surface area contributed by atoms with Gasteiger partial charge in [-0.1, -0.05) is 153 Å². The van der Waals surface area contributed by atoms with Crippen molar-refractivity contribution >= 4 is 31.8 Å². The van der Waals surface area contributed by atoms with Crippen molar-refractivity contribution in [3.63, 3.8) is 0 Å². The summed E-state index contributed by atoms with van der Waals surface area (Å²) in [5.41, 5.74) is 2.58. The fraction of sp³-hybridized carbons (Fsp3) is 0.100. The van der Waals surface area contributed by atoms with Crippen LogP contribution in [0.2, 0.25) is 0 Å². The Morgan fingerprint density at radius 2 is 0.930 bits per heavy atom. The molecular formula is C40H36OP2. The first-order valence-corrected chi connectivity index (χ1v) is 17.4. The minimum atomic E-state index is -1.41. The molecular weight excluding hydrogens is 558 g/mol. The van der Waals surface area contributed by atoms with Gasteiger partial charge >= 0.3 is 0 Å². The zero-order valence-corrected chi connectivity index (χ0v) is 25.5. The normalized spacial score (nSPS) is 14.3. The predicted octanol–water partition coefficient (Wildman–Crippen LogP) is 9.66. The Morgan fingerprint density at radius 3 is 1.47 bits per heavy atom. The second kappa shape index (κ2) is 14.9. The third kappa shape index (κ3) is 8.30. The lowest BCUT2D eigenvalue weighted by Gasteiger charge is -2.20. The van der Waals surface area contributed by atoms with Gasteiger partial charge in [0.25, 0.3) is 0 Å². The number of benzene rings is 6. The Bertz CT molecular complexity index is 2040. The fourth-order valence-corrected chi connectivity index (χ4v) is 9.01. The van der Waals surface area contributed by atoms with Gasteiger partial charge in [-0.05, 0) is 83.5 Å². The van der Waals surface area contributed by atoms with Crippen LogP contribution in [0.3, 0.4) is 0 Å². The molecule has 0 N–H and O–H groups in total. The van der Waals surface area contributed by atoms with Gasteiger partial charge in [0.1, 0.15) is 11.5 Å². The standard InChI is InChI=1S/C40H36OP2/c1-5-15-33(16-6-1)27-28-42(38-21-7-2-8-22-38)31-34-17-13-19-36(29-34)41-37-20-14-18-35(30-37)32-43(39-23-9-3-10-24-39)40-25-11-4-12-26-40/h1-26,29-30H,27-28,31-32H2/i15D,16D,21D,22D,23D,24D,25D,26D. The van der Waals surface area contributed by atoms with Crippen LogP contribution < -0.4 is 20.7 Å². The fourth-order valence-electron chi connectivity index (χ4n) is 4.80. The zero-order valence-electron chi connectivity index (χ0n) is 31.7. The first kappa shape index (κ1) is 20.8. The molecule has 0 radical (unpaired) electrons. The summed E-state index contributed by atoms with van der Waals surface area (Å²) >= 11 is 0. The van der Waals surface area contributed by atoms with Crippen LogP contribution in [-0.2, 0) is 18.7 Å². The van der Waals surface area contributed by atoms with Crippen LogP contribution in [0, 0.1) is 0 Å². The summed E-state index contributed by atoms with van der Waals surface area (Å²) in [6, 6.07) is 38.0. The Hall–Kier alpha value is -4.02. The molecule has 0 aliphatic carbocycles. The van der Waals surface area contributed by atoms with Crippen molar-refractivity contribution < 1.29 is 15.7 Å². The summed E-state index contributed by atoms with van der Waals surface area (Å²) in [5.74, 6) is 1.24. The molecule has 0 amide bonds. The highest BCUT2D eigenvalue weighted by atomic mass is 31.1. The van der Waals surface area contributed by atoms with Crippen molar-refractivity contribution in [1.29, 1.82) is 0 Å². The molecule has 0 spiro atoms. The molecule has 0 aliphatic rings. The highest BCUT2D eigenvalue weighted by molar-refractivity contribution is 7.72. The van der Waals surface area contributed by atoms with Crippen molar-refractivity contribution in [1.82, 2.24) is 0 Å². The van der Waals surface area contributed by atoms with Gasteiger partial charge < -0.3 is 4.74 Å². The molecule has 6 aromatic rings. The summed E-state index contributed by atoms with van der Waals surface area (Å²) in [6.45, 7) is 0. The summed E-state index contributed by atoms with van der Waals surface area (Å²) in [5, 5.41) is 1.81. The third-order valence-electron chi connectivity index (χ3n) is 6.84. The summed E-state index contributed by atoms with van der Waals surface area (Å²) < 4.78 is 74.9. The first-order chi connectivity index (χ1) is 24.6. The molecule has 6 rings (SSSR count). The largest absolute Gasteiger partial charge is 0.457 e. The van der Waals surface area contributed by atoms with Crippen molar-refractivity contribution in [3.8, 4) is 11.5 Å². The topological polar surface area (TPSA) is 9.23 Å². The van der Waals surface area contributed by atoms with Crippen LogP contribution >= 0.6 is 15.8 Å². The molecule has 1 nitrogen and oxygen atoms in total. The van der Waals surface area contributed by atoms with Gasteiger partial charge in [-0.2, -0.15) is 0 Å². The SMILES string of the molecule is [2H]c1cccc([2H])c1CCP(Cc1cccc(Oc2cccc(CP(c3c([2H])cccc3[2H])c3c([2H])cccc3[2H])c2)c1)c1c([2H])cccc1[2H]. The van der Waals surface area contributed by atoms with Crippen LogP contribution in [0.4, 0.5) is 0 Å². The van der Waals surface area contributed by atoms with Crippen LogP contribution in [-0.4, -0.2) is 6.16 Å². The van der Waals surface area contributed by atoms with Crippen LogP contribution in [0.15, 0.2) is 170 Å². The van der Waals surface area contributed by atoms with E-state index in [1.165, 1.54) is 0 Å². The third-order valence-corrected chi connectivity index (χ3v) is 11.5. The van der Waals surface area contributed by atoms with Crippen molar-refractivity contribution in [3.05, 3.63) is 186 Å². The lowest BCUT2D eigenvalue weighted by atomic mass is 10.2. The molecule has 1 atom stereocenters. The maximum atomic E-state index is 8.65. The summed E-state index contributed by atoms with van der Waals surface area (Å²) in [4.78, 5) is 0. The Labute approximate surface area is 270 Å². The molecule has 0 aromatic heterocycles. The Kier molecular flexibility index (Phi) is 7.23. The van der Waals surface area contributed by atoms with E-state index in [2.05, 4.69) is 0 Å². The molecule has 0 aliphatic heterocycles. The Balaban J connectivity index is 1.26. The number of ether oxygens (including phenoxy) is 1. The number of rotatable bonds is 12. The van der Waals surface area contributed by atoms with Crippen molar-refractivity contribution in [2.75, 3.05) is 6.16 Å². The van der Waals surface area contributed by atoms with E-state index < -0.39 is 15.8 Å². The van der Waals surface area contributed by atoms with E-state index in [1.54, 1.807) is 72.8 Å². The van der Waals surface area contributed by atoms with Crippen LogP contribution in [0.5, 0.6) is 11.5 Å². The van der Waals surface area contributed by atoms with Gasteiger partial charge in [0.2, 0.25) is 0 Å². The molecule has 0 saturated carbocycles. The molecule has 0 bridgehead atoms. The van der Waals surface area contributed by atoms with E-state index >= 15 is 0 Å². The van der Waals surface area contributed by atoms with E-state index in [1.807, 2.05) is 48.5 Å². The van der Waals surface area contributed by atoms with Crippen LogP contribution in [0.25, 0.3) is 0 Å². The highest BCUT2D eigenvalue weighted by Crippen LogP contribution is 2.41. The minimum Gasteiger partial charge on any atom is -0.457 e. The molecule has 0 fully saturated rings. The molecule has 43 heavy (non-hydrogen) atoms. The number of hydrogen-bond donors (Lipinski definition) is 0. The van der Waals surface area contributed by atoms with E-state index in [4.69, 9.17) is 15.7 Å². The lowest BCUT2D eigenvalue weighted by Crippen LogP contribution is -2.12. The van der Waals surface area contributed by atoms with Crippen molar-refractivity contribution in [2.45, 2.75) is 18.7 Å². The molecule has 1 unspecified atom stereocenters. The maximum Gasteiger partial charge on any atom is 0.127 e. The van der Waals surface area contributed by atoms with Crippen molar-refractivity contribution in [2.24, 2.45) is 0 Å².